The van der Waals surface area contributed by atoms with Crippen molar-refractivity contribution in [3.05, 3.63) is 184 Å². The Morgan fingerprint density at radius 1 is 0.800 bits per heavy atom. The number of nitrogens with zero attached hydrogens (tertiary/aromatic N) is 1. The second-order valence-electron chi connectivity index (χ2n) is 17.0. The second-order valence-corrected chi connectivity index (χ2v) is 18.7. The van der Waals surface area contributed by atoms with Gasteiger partial charge < -0.3 is 29.4 Å². The number of fused-ring (bicyclic) bond motifs is 1. The van der Waals surface area contributed by atoms with Crippen molar-refractivity contribution in [3.63, 3.8) is 0 Å². The lowest BCUT2D eigenvalue weighted by molar-refractivity contribution is -0.276. The smallest absolute Gasteiger partial charge is 0.241 e. The van der Waals surface area contributed by atoms with E-state index in [0.717, 1.165) is 75.5 Å². The molecule has 2 aliphatic rings. The summed E-state index contributed by atoms with van der Waals surface area (Å²) in [6, 6.07) is 43.0. The minimum absolute atomic E-state index is 0.0181. The lowest BCUT2D eigenvalue weighted by Gasteiger charge is -2.43. The summed E-state index contributed by atoms with van der Waals surface area (Å²) in [7, 11) is -0.667. The molecule has 2 aliphatic heterocycles. The summed E-state index contributed by atoms with van der Waals surface area (Å²) >= 11 is 0. The molecule has 11 nitrogen and oxygen atoms in total. The molecular weight excluding hydrogens is 839 g/mol. The average molecular weight is 896 g/mol. The monoisotopic (exact) mass is 895 g/mol. The molecule has 3 N–H and O–H groups in total. The van der Waals surface area contributed by atoms with E-state index >= 15 is 0 Å². The highest BCUT2D eigenvalue weighted by Crippen LogP contribution is 2.43. The van der Waals surface area contributed by atoms with Gasteiger partial charge in [-0.3, -0.25) is 9.69 Å². The Kier molecular flexibility index (Phi) is 14.4. The van der Waals surface area contributed by atoms with E-state index in [-0.39, 0.29) is 42.6 Å². The van der Waals surface area contributed by atoms with E-state index in [1.165, 1.54) is 11.1 Å². The number of hydrogen-bond acceptors (Lipinski definition) is 9. The maximum atomic E-state index is 13.9. The molecule has 5 unspecified atom stereocenters. The van der Waals surface area contributed by atoms with Crippen LogP contribution in [0.2, 0.25) is 0 Å². The number of methoxy groups -OCH3 is 2. The molecule has 0 radical (unpaired) electrons. The van der Waals surface area contributed by atoms with E-state index in [1.54, 1.807) is 38.5 Å². The summed E-state index contributed by atoms with van der Waals surface area (Å²) in [5, 5.41) is 12.8. The summed E-state index contributed by atoms with van der Waals surface area (Å²) in [5.41, 5.74) is 9.72. The molecule has 338 valence electrons. The van der Waals surface area contributed by atoms with Crippen molar-refractivity contribution in [3.8, 4) is 22.6 Å². The number of aliphatic hydroxyl groups excluding tert-OH is 1. The van der Waals surface area contributed by atoms with Crippen LogP contribution in [0, 0.1) is 12.8 Å². The van der Waals surface area contributed by atoms with Gasteiger partial charge in [-0.05, 0) is 88.5 Å². The van der Waals surface area contributed by atoms with Crippen molar-refractivity contribution in [1.82, 2.24) is 14.9 Å². The number of ether oxygens (including phenoxy) is 4. The van der Waals surface area contributed by atoms with Crippen LogP contribution in [0.15, 0.2) is 144 Å². The maximum absolute atomic E-state index is 13.9. The van der Waals surface area contributed by atoms with Gasteiger partial charge >= 0.3 is 0 Å². The van der Waals surface area contributed by atoms with Crippen LogP contribution in [-0.4, -0.2) is 63.8 Å². The molecule has 0 spiro atoms. The molecule has 1 saturated heterocycles. The van der Waals surface area contributed by atoms with Gasteiger partial charge in [-0.2, -0.15) is 4.72 Å². The van der Waals surface area contributed by atoms with Crippen molar-refractivity contribution < 1.29 is 37.3 Å². The van der Waals surface area contributed by atoms with Crippen LogP contribution in [0.1, 0.15) is 63.8 Å². The minimum atomic E-state index is -3.99. The van der Waals surface area contributed by atoms with Gasteiger partial charge in [0.15, 0.2) is 17.8 Å². The van der Waals surface area contributed by atoms with Crippen LogP contribution < -0.4 is 19.5 Å². The fourth-order valence-electron chi connectivity index (χ4n) is 8.77. The molecule has 8 rings (SSSR count). The first-order valence-corrected chi connectivity index (χ1v) is 23.6. The summed E-state index contributed by atoms with van der Waals surface area (Å²) in [4.78, 5) is 16.4. The van der Waals surface area contributed by atoms with Crippen molar-refractivity contribution in [1.29, 1.82) is 0 Å². The fourth-order valence-corrected chi connectivity index (χ4v) is 9.97. The topological polar surface area (TPSA) is 136 Å². The molecule has 0 aromatic heterocycles. The predicted molar refractivity (Wildman–Crippen MR) is 251 cm³/mol. The first-order chi connectivity index (χ1) is 31.5. The molecule has 6 aromatic rings. The highest BCUT2D eigenvalue weighted by atomic mass is 32.2. The Morgan fingerprint density at radius 2 is 1.46 bits per heavy atom. The number of aliphatic hydroxyl groups is 1. The number of carbonyl (C=O) groups is 1. The van der Waals surface area contributed by atoms with E-state index in [1.807, 2.05) is 110 Å². The summed E-state index contributed by atoms with van der Waals surface area (Å²) in [6.07, 6.45) is 0.000551. The Balaban J connectivity index is 0.995. The highest BCUT2D eigenvalue weighted by Gasteiger charge is 2.39. The van der Waals surface area contributed by atoms with Crippen LogP contribution in [0.3, 0.4) is 0 Å². The number of rotatable bonds is 16. The first kappa shape index (κ1) is 45.7. The van der Waals surface area contributed by atoms with E-state index in [4.69, 9.17) is 18.9 Å². The third-order valence-corrected chi connectivity index (χ3v) is 14.0. The zero-order valence-electron chi connectivity index (χ0n) is 37.3. The first-order valence-electron chi connectivity index (χ1n) is 22.1. The van der Waals surface area contributed by atoms with Crippen LogP contribution in [0.25, 0.3) is 11.1 Å². The number of amides is 1. The number of carbonyl (C=O) groups excluding carboxylic acids is 1. The molecule has 5 atom stereocenters. The number of benzene rings is 6. The van der Waals surface area contributed by atoms with Gasteiger partial charge in [0.25, 0.3) is 0 Å². The summed E-state index contributed by atoms with van der Waals surface area (Å²) < 4.78 is 54.6. The van der Waals surface area contributed by atoms with Crippen molar-refractivity contribution >= 4 is 15.9 Å². The molecule has 6 aromatic carbocycles. The molecule has 0 saturated carbocycles. The van der Waals surface area contributed by atoms with Gasteiger partial charge in [0, 0.05) is 37.7 Å². The average Bonchev–Trinajstić information content (AvgIpc) is 3.33. The van der Waals surface area contributed by atoms with E-state index in [2.05, 4.69) is 34.0 Å². The van der Waals surface area contributed by atoms with E-state index < -0.39 is 28.3 Å². The summed E-state index contributed by atoms with van der Waals surface area (Å²) in [5.74, 6) is 1.05. The van der Waals surface area contributed by atoms with Gasteiger partial charge in [0.05, 0.1) is 37.9 Å². The predicted octanol–water partition coefficient (Wildman–Crippen LogP) is 8.23. The quantitative estimate of drug-likeness (QED) is 0.0879. The minimum Gasteiger partial charge on any atom is -0.493 e. The van der Waals surface area contributed by atoms with Crippen LogP contribution in [-0.2, 0) is 56.8 Å². The SMILES string of the molecule is COc1cc2c(cc1OC)CN(CC1OC(c3ccc(-c4ccccc4CNC(=O)C(Cc4ccccc4)NS(=O)(=O)c4ccc(C)cc4)cc3)OC(c3ccc(CO)cc3)C1C)CC2. The van der Waals surface area contributed by atoms with Gasteiger partial charge in [-0.25, -0.2) is 8.42 Å². The van der Waals surface area contributed by atoms with Crippen molar-refractivity contribution in [2.45, 2.75) is 75.8 Å². The molecule has 0 aliphatic carbocycles. The highest BCUT2D eigenvalue weighted by molar-refractivity contribution is 7.89. The maximum Gasteiger partial charge on any atom is 0.241 e. The van der Waals surface area contributed by atoms with Crippen LogP contribution in [0.5, 0.6) is 11.5 Å². The zero-order valence-corrected chi connectivity index (χ0v) is 38.1. The standard InChI is InChI=1S/C53H57N3O8S/c1-35-14-24-45(25-15-35)65(59,60)55-47(28-37-10-6-5-7-11-37)52(58)54-31-43-12-8-9-13-46(43)39-20-22-41(23-21-39)53-63-50(36(2)51(64-53)40-18-16-38(34-57)17-19-40)33-56-27-26-42-29-48(61-3)49(62-4)30-44(42)32-56/h5-25,29-30,36,47,50-51,53,55,57H,26-28,31-34H2,1-4H3,(H,54,58). The molecule has 0 bridgehead atoms. The largest absolute Gasteiger partial charge is 0.493 e. The van der Waals surface area contributed by atoms with E-state index in [9.17, 15) is 18.3 Å². The van der Waals surface area contributed by atoms with Gasteiger partial charge in [-0.1, -0.05) is 128 Å². The Morgan fingerprint density at radius 3 is 2.15 bits per heavy atom. The molecule has 2 heterocycles. The molecule has 12 heteroatoms. The lowest BCUT2D eigenvalue weighted by atomic mass is 9.89. The molecule has 65 heavy (non-hydrogen) atoms. The Labute approximate surface area is 382 Å². The second kappa shape index (κ2) is 20.5. The van der Waals surface area contributed by atoms with Crippen molar-refractivity contribution in [2.75, 3.05) is 27.3 Å². The lowest BCUT2D eigenvalue weighted by Crippen LogP contribution is -2.47. The van der Waals surface area contributed by atoms with Gasteiger partial charge in [0.1, 0.15) is 6.04 Å². The summed E-state index contributed by atoms with van der Waals surface area (Å²) in [6.45, 7) is 6.56. The number of hydrogen-bond donors (Lipinski definition) is 3. The van der Waals surface area contributed by atoms with Crippen LogP contribution >= 0.6 is 0 Å². The van der Waals surface area contributed by atoms with Crippen molar-refractivity contribution in [2.24, 2.45) is 5.92 Å². The van der Waals surface area contributed by atoms with Gasteiger partial charge in [0.2, 0.25) is 15.9 Å². The van der Waals surface area contributed by atoms with E-state index in [0.29, 0.717) is 6.54 Å². The molecular formula is C53H57N3O8S. The normalized spacial score (nSPS) is 19.2. The zero-order chi connectivity index (χ0) is 45.5. The van der Waals surface area contributed by atoms with Gasteiger partial charge in [-0.15, -0.1) is 0 Å². The molecule has 1 fully saturated rings. The number of nitrogens with one attached hydrogen (secondary N) is 2. The number of aryl methyl sites for hydroxylation is 1. The number of sulfonamides is 1. The Bertz CT molecular complexity index is 2660. The third-order valence-electron chi connectivity index (χ3n) is 12.6. The Hall–Kier alpha value is -5.86. The third kappa shape index (κ3) is 10.8. The fraction of sp³-hybridized carbons (Fsp3) is 0.302. The molecule has 1 amide bonds. The van der Waals surface area contributed by atoms with Crippen LogP contribution in [0.4, 0.5) is 0 Å².